The van der Waals surface area contributed by atoms with E-state index in [1.54, 1.807) is 12.4 Å². The maximum absolute atomic E-state index is 6.02. The fraction of sp³-hybridized carbons (Fsp3) is 0.338. The molecule has 4 nitrogen and oxygen atoms in total. The molecule has 0 bridgehead atoms. The summed E-state index contributed by atoms with van der Waals surface area (Å²) in [5.74, 6) is 8.39. The van der Waals surface area contributed by atoms with Crippen molar-refractivity contribution in [1.29, 1.82) is 0 Å². The summed E-state index contributed by atoms with van der Waals surface area (Å²) >= 11 is 31.2. The van der Waals surface area contributed by atoms with Gasteiger partial charge in [0, 0.05) is 149 Å². The highest BCUT2D eigenvalue weighted by atomic mass is 32.2. The molecular formula is C65H69NO3S16. The number of fused-ring (bicyclic) bond motifs is 5. The Morgan fingerprint density at radius 3 is 1.26 bits per heavy atom. The number of thioether (sulfide) groups is 11. The zero-order valence-electron chi connectivity index (χ0n) is 49.1. The van der Waals surface area contributed by atoms with Crippen LogP contribution in [-0.4, -0.2) is 68.2 Å². The topological polar surface area (TPSA) is 40.6 Å². The lowest BCUT2D eigenvalue weighted by molar-refractivity contribution is 0.167. The van der Waals surface area contributed by atoms with Crippen LogP contribution < -0.4 is 9.47 Å². The zero-order chi connectivity index (χ0) is 59.4. The van der Waals surface area contributed by atoms with Crippen molar-refractivity contribution in [2.75, 3.05) is 47.7 Å². The van der Waals surface area contributed by atoms with Crippen LogP contribution in [0.15, 0.2) is 169 Å². The predicted octanol–water partition coefficient (Wildman–Crippen LogP) is 23.9. The minimum atomic E-state index is 0.180. The number of benzene rings is 3. The van der Waals surface area contributed by atoms with Crippen LogP contribution in [0, 0.1) is 69.2 Å². The highest BCUT2D eigenvalue weighted by molar-refractivity contribution is 8.19. The molecule has 6 aromatic heterocycles. The highest BCUT2D eigenvalue weighted by Gasteiger charge is 2.30. The van der Waals surface area contributed by atoms with Crippen LogP contribution in [0.3, 0.4) is 0 Å². The van der Waals surface area contributed by atoms with Crippen molar-refractivity contribution >= 4 is 186 Å². The van der Waals surface area contributed by atoms with Crippen LogP contribution in [0.5, 0.6) is 11.5 Å². The Hall–Kier alpha value is -1.28. The average molecular weight is 1430 g/mol. The van der Waals surface area contributed by atoms with Crippen molar-refractivity contribution < 1.29 is 14.2 Å². The molecule has 9 aromatic rings. The van der Waals surface area contributed by atoms with Crippen molar-refractivity contribution in [2.45, 2.75) is 144 Å². The summed E-state index contributed by atoms with van der Waals surface area (Å²) in [6.07, 6.45) is 3.53. The predicted molar refractivity (Wildman–Crippen MR) is 392 cm³/mol. The van der Waals surface area contributed by atoms with E-state index in [0.29, 0.717) is 9.83 Å². The molecule has 448 valence electrons. The highest BCUT2D eigenvalue weighted by Crippen LogP contribution is 2.55. The molecule has 0 N–H and O–H groups in total. The zero-order valence-corrected chi connectivity index (χ0v) is 62.2. The van der Waals surface area contributed by atoms with E-state index in [4.69, 9.17) is 14.2 Å². The molecule has 0 saturated heterocycles. The molecule has 85 heavy (non-hydrogen) atoms. The second-order valence-electron chi connectivity index (χ2n) is 19.7. The number of hydrogen-bond donors (Lipinski definition) is 0. The number of pyridine rings is 1. The molecule has 11 heterocycles. The monoisotopic (exact) mass is 1420 g/mol. The molecule has 0 saturated carbocycles. The number of para-hydroxylation sites is 1. The maximum Gasteiger partial charge on any atom is 0.158 e. The molecule has 0 aliphatic carbocycles. The third-order valence-corrected chi connectivity index (χ3v) is 35.6. The second-order valence-corrected chi connectivity index (χ2v) is 39.6. The molecule has 0 amide bonds. The molecule has 4 unspecified atom stereocenters. The lowest BCUT2D eigenvalue weighted by Gasteiger charge is -2.23. The molecule has 0 spiro atoms. The van der Waals surface area contributed by atoms with Crippen LogP contribution in [-0.2, 0) is 4.74 Å². The van der Waals surface area contributed by atoms with Crippen LogP contribution in [0.25, 0.3) is 0 Å². The summed E-state index contributed by atoms with van der Waals surface area (Å²) in [6.45, 7) is 24.0. The largest absolute Gasteiger partial charge is 0.479 e. The van der Waals surface area contributed by atoms with Gasteiger partial charge in [0.25, 0.3) is 0 Å². The second kappa shape index (κ2) is 32.8. The number of hydrogen-bond acceptors (Lipinski definition) is 20. The quantitative estimate of drug-likeness (QED) is 0.152. The normalized spacial score (nSPS) is 18.6. The molecule has 4 atom stereocenters. The van der Waals surface area contributed by atoms with E-state index in [-0.39, 0.29) is 10.9 Å². The minimum absolute atomic E-state index is 0.180. The van der Waals surface area contributed by atoms with Gasteiger partial charge in [-0.1, -0.05) is 90.3 Å². The van der Waals surface area contributed by atoms with Crippen LogP contribution in [0.2, 0.25) is 0 Å². The van der Waals surface area contributed by atoms with Gasteiger partial charge in [-0.2, -0.15) is 0 Å². The van der Waals surface area contributed by atoms with Gasteiger partial charge in [-0.3, -0.25) is 4.98 Å². The van der Waals surface area contributed by atoms with Crippen molar-refractivity contribution in [3.8, 4) is 11.5 Å². The Morgan fingerprint density at radius 1 is 0.388 bits per heavy atom. The molecular weight excluding hydrogens is 1360 g/mol. The van der Waals surface area contributed by atoms with Gasteiger partial charge in [0.05, 0.1) is 24.0 Å². The summed E-state index contributed by atoms with van der Waals surface area (Å²) < 4.78 is 18.1. The Bertz CT molecular complexity index is 3310. The maximum atomic E-state index is 6.02. The first-order valence-corrected chi connectivity index (χ1v) is 42.2. The van der Waals surface area contributed by atoms with Crippen LogP contribution in [0.1, 0.15) is 59.6 Å². The van der Waals surface area contributed by atoms with E-state index in [1.165, 1.54) is 120 Å². The van der Waals surface area contributed by atoms with E-state index in [1.807, 2.05) is 217 Å². The van der Waals surface area contributed by atoms with Gasteiger partial charge in [0.1, 0.15) is 11.5 Å². The van der Waals surface area contributed by atoms with E-state index >= 15 is 0 Å². The number of nitrogens with zero attached hydrogens (tertiary/aromatic N) is 1. The Kier molecular flexibility index (Phi) is 25.7. The van der Waals surface area contributed by atoms with Gasteiger partial charge in [-0.05, 0) is 111 Å². The summed E-state index contributed by atoms with van der Waals surface area (Å²) in [4.78, 5) is 34.9. The van der Waals surface area contributed by atoms with Gasteiger partial charge in [-0.25, -0.2) is 0 Å². The Labute approximate surface area is 571 Å². The molecule has 3 aromatic carbocycles. The summed E-state index contributed by atoms with van der Waals surface area (Å²) in [6, 6.07) is 35.5. The summed E-state index contributed by atoms with van der Waals surface area (Å²) in [5, 5.41) is 0.612. The minimum Gasteiger partial charge on any atom is -0.479 e. The van der Waals surface area contributed by atoms with E-state index < -0.39 is 0 Å². The van der Waals surface area contributed by atoms with E-state index in [2.05, 4.69) is 147 Å². The summed E-state index contributed by atoms with van der Waals surface area (Å²) in [5.41, 5.74) is 1.86. The molecule has 0 radical (unpaired) electrons. The first-order valence-electron chi connectivity index (χ1n) is 27.8. The molecule has 20 heteroatoms. The summed E-state index contributed by atoms with van der Waals surface area (Å²) in [7, 11) is 0. The van der Waals surface area contributed by atoms with Gasteiger partial charge in [-0.15, -0.1) is 163 Å². The number of rotatable bonds is 7. The molecule has 14 rings (SSSR count). The van der Waals surface area contributed by atoms with E-state index in [0.717, 1.165) is 47.7 Å². The van der Waals surface area contributed by atoms with Crippen LogP contribution >= 0.6 is 186 Å². The molecule has 5 aliphatic heterocycles. The van der Waals surface area contributed by atoms with Crippen LogP contribution in [0.4, 0.5) is 0 Å². The average Bonchev–Trinajstić information content (AvgIpc) is 4.38. The lowest BCUT2D eigenvalue weighted by Crippen LogP contribution is -2.18. The third-order valence-electron chi connectivity index (χ3n) is 13.3. The fourth-order valence-corrected chi connectivity index (χ4v) is 31.3. The van der Waals surface area contributed by atoms with Crippen molar-refractivity contribution in [3.05, 3.63) is 170 Å². The number of thiophene rings is 5. The van der Waals surface area contributed by atoms with Gasteiger partial charge < -0.3 is 14.2 Å². The lowest BCUT2D eigenvalue weighted by atomic mass is 10.2. The standard InChI is InChI=1S/C14H14OS3.C14H14S4.C14H14S3.C13H13NOS3.C10H14OS3/c1-9-13-14(10(2)17-9)18-12(8-16-13)15-11-6-4-3-5-7-11;1-9-13-14(10(2)16-9)18-12(8-15-13)17-11-6-4-3-5-7-11;1-9-13-14(10(2)16-9)17-12(8-15-13)11-6-4-3-5-7-11;1-8-12-13(9(2)17-8)18-11(7-16-12)15-10-4-3-5-14-6-10;1-7-9-10(8(2)14-7)13-6-4-11-3-5-12-9/h2*3-7,12H,8H2,1-2H3;3-7,12H,8H2,1-2H3;3-6,11H,7H2,1-2H3;3-6H2,1-2H3. The van der Waals surface area contributed by atoms with Crippen molar-refractivity contribution in [1.82, 2.24) is 4.98 Å². The smallest absolute Gasteiger partial charge is 0.158 e. The molecule has 5 aliphatic rings. The SMILES string of the molecule is Cc1sc(C)c2c1SCC(Oc1ccccc1)S2.Cc1sc(C)c2c1SCC(Oc1cccnc1)S2.Cc1sc(C)c2c1SCC(Sc1ccccc1)S2.Cc1sc(C)c2c1SCC(c1ccccc1)S2.Cc1sc(C)c2c1SCCOCCS2. The first-order chi connectivity index (χ1) is 41.3. The fourth-order valence-electron chi connectivity index (χ4n) is 9.43. The van der Waals surface area contributed by atoms with Crippen molar-refractivity contribution in [2.24, 2.45) is 0 Å². The van der Waals surface area contributed by atoms with Gasteiger partial charge >= 0.3 is 0 Å². The number of aryl methyl sites for hydroxylation is 10. The first kappa shape index (κ1) is 66.6. The Morgan fingerprint density at radius 2 is 0.776 bits per heavy atom. The molecule has 0 fully saturated rings. The Balaban J connectivity index is 0.000000118. The van der Waals surface area contributed by atoms with E-state index in [9.17, 15) is 0 Å². The van der Waals surface area contributed by atoms with Gasteiger partial charge in [0.2, 0.25) is 0 Å². The van der Waals surface area contributed by atoms with Gasteiger partial charge in [0.15, 0.2) is 10.9 Å². The number of aromatic nitrogens is 1. The van der Waals surface area contributed by atoms with Crippen molar-refractivity contribution in [3.63, 3.8) is 0 Å². The number of ether oxygens (including phenoxy) is 3. The third kappa shape index (κ3) is 18.1.